The molecule has 0 radical (unpaired) electrons. The summed E-state index contributed by atoms with van der Waals surface area (Å²) in [6.07, 6.45) is 1.68. The van der Waals surface area contributed by atoms with Crippen molar-refractivity contribution in [3.8, 4) is 0 Å². The van der Waals surface area contributed by atoms with E-state index < -0.39 is 5.60 Å². The summed E-state index contributed by atoms with van der Waals surface area (Å²) in [5.41, 5.74) is -0.696. The Morgan fingerprint density at radius 2 is 2.38 bits per heavy atom. The van der Waals surface area contributed by atoms with Crippen LogP contribution in [-0.2, 0) is 11.2 Å². The molecule has 0 aliphatic rings. The first-order valence-corrected chi connectivity index (χ1v) is 5.26. The number of hydrogen-bond acceptors (Lipinski definition) is 3. The molecule has 1 aromatic rings. The minimum Gasteiger partial charge on any atom is -0.388 e. The van der Waals surface area contributed by atoms with E-state index in [1.54, 1.807) is 18.4 Å². The molecule has 2 nitrogen and oxygen atoms in total. The second-order valence-electron chi connectivity index (χ2n) is 3.51. The summed E-state index contributed by atoms with van der Waals surface area (Å²) in [7, 11) is 1.61. The van der Waals surface area contributed by atoms with Crippen molar-refractivity contribution in [1.82, 2.24) is 0 Å². The third kappa shape index (κ3) is 3.89. The highest BCUT2D eigenvalue weighted by molar-refractivity contribution is 7.09. The smallest absolute Gasteiger partial charge is 0.0855 e. The van der Waals surface area contributed by atoms with Crippen LogP contribution in [0.4, 0.5) is 0 Å². The molecule has 0 aromatic carbocycles. The van der Waals surface area contributed by atoms with Gasteiger partial charge in [-0.1, -0.05) is 6.07 Å². The number of rotatable bonds is 5. The highest BCUT2D eigenvalue weighted by Crippen LogP contribution is 2.17. The lowest BCUT2D eigenvalue weighted by atomic mass is 10.0. The van der Waals surface area contributed by atoms with Crippen LogP contribution < -0.4 is 0 Å². The van der Waals surface area contributed by atoms with Crippen LogP contribution in [0.25, 0.3) is 0 Å². The molecule has 3 heteroatoms. The Bertz CT molecular complexity index is 229. The van der Waals surface area contributed by atoms with E-state index in [1.165, 1.54) is 4.88 Å². The first kappa shape index (κ1) is 10.7. The van der Waals surface area contributed by atoms with Gasteiger partial charge in [-0.05, 0) is 31.2 Å². The molecular weight excluding hydrogens is 184 g/mol. The monoisotopic (exact) mass is 200 g/mol. The zero-order valence-corrected chi connectivity index (χ0v) is 8.93. The topological polar surface area (TPSA) is 29.5 Å². The molecule has 0 saturated carbocycles. The van der Waals surface area contributed by atoms with Gasteiger partial charge in [0, 0.05) is 12.0 Å². The number of thiophene rings is 1. The molecule has 0 bridgehead atoms. The van der Waals surface area contributed by atoms with Gasteiger partial charge >= 0.3 is 0 Å². The number of ether oxygens (including phenoxy) is 1. The summed E-state index contributed by atoms with van der Waals surface area (Å²) < 4.78 is 4.93. The van der Waals surface area contributed by atoms with E-state index in [2.05, 4.69) is 11.4 Å². The van der Waals surface area contributed by atoms with Crippen molar-refractivity contribution < 1.29 is 9.84 Å². The molecule has 1 aromatic heterocycles. The Kier molecular flexibility index (Phi) is 3.90. The SMILES string of the molecule is COCC(C)(O)CCc1cccs1. The lowest BCUT2D eigenvalue weighted by molar-refractivity contribution is -0.0221. The van der Waals surface area contributed by atoms with Crippen LogP contribution in [-0.4, -0.2) is 24.4 Å². The van der Waals surface area contributed by atoms with Gasteiger partial charge in [-0.2, -0.15) is 0 Å². The normalized spacial score (nSPS) is 15.6. The summed E-state index contributed by atoms with van der Waals surface area (Å²) in [5, 5.41) is 11.8. The van der Waals surface area contributed by atoms with Crippen molar-refractivity contribution >= 4 is 11.3 Å². The molecule has 1 heterocycles. The molecule has 1 N–H and O–H groups in total. The van der Waals surface area contributed by atoms with E-state index in [-0.39, 0.29) is 0 Å². The van der Waals surface area contributed by atoms with Gasteiger partial charge in [-0.25, -0.2) is 0 Å². The van der Waals surface area contributed by atoms with E-state index in [1.807, 2.05) is 13.0 Å². The fraction of sp³-hybridized carbons (Fsp3) is 0.600. The first-order valence-electron chi connectivity index (χ1n) is 4.38. The van der Waals surface area contributed by atoms with Gasteiger partial charge in [0.05, 0.1) is 12.2 Å². The molecule has 1 unspecified atom stereocenters. The van der Waals surface area contributed by atoms with E-state index in [0.29, 0.717) is 6.61 Å². The van der Waals surface area contributed by atoms with Gasteiger partial charge in [0.1, 0.15) is 0 Å². The molecule has 13 heavy (non-hydrogen) atoms. The Balaban J connectivity index is 2.33. The first-order chi connectivity index (χ1) is 6.14. The molecular formula is C10H16O2S. The molecule has 0 fully saturated rings. The maximum Gasteiger partial charge on any atom is 0.0855 e. The van der Waals surface area contributed by atoms with Crippen LogP contribution in [0.2, 0.25) is 0 Å². The quantitative estimate of drug-likeness (QED) is 0.788. The van der Waals surface area contributed by atoms with E-state index >= 15 is 0 Å². The van der Waals surface area contributed by atoms with E-state index in [4.69, 9.17) is 4.74 Å². The van der Waals surface area contributed by atoms with Gasteiger partial charge in [-0.15, -0.1) is 11.3 Å². The third-order valence-electron chi connectivity index (χ3n) is 1.95. The van der Waals surface area contributed by atoms with Crippen molar-refractivity contribution in [2.24, 2.45) is 0 Å². The lowest BCUT2D eigenvalue weighted by Gasteiger charge is -2.21. The summed E-state index contributed by atoms with van der Waals surface area (Å²) >= 11 is 1.73. The summed E-state index contributed by atoms with van der Waals surface area (Å²) in [6, 6.07) is 4.12. The molecule has 0 aliphatic carbocycles. The standard InChI is InChI=1S/C10H16O2S/c1-10(11,8-12-2)6-5-9-4-3-7-13-9/h3-4,7,11H,5-6,8H2,1-2H3. The highest BCUT2D eigenvalue weighted by Gasteiger charge is 2.19. The Hall–Kier alpha value is -0.380. The maximum absolute atomic E-state index is 9.79. The number of aliphatic hydroxyl groups is 1. The largest absolute Gasteiger partial charge is 0.388 e. The van der Waals surface area contributed by atoms with Crippen molar-refractivity contribution in [3.05, 3.63) is 22.4 Å². The van der Waals surface area contributed by atoms with Crippen molar-refractivity contribution in [2.45, 2.75) is 25.4 Å². The van der Waals surface area contributed by atoms with Crippen molar-refractivity contribution in [3.63, 3.8) is 0 Å². The van der Waals surface area contributed by atoms with Crippen LogP contribution in [0.5, 0.6) is 0 Å². The molecule has 0 amide bonds. The second kappa shape index (κ2) is 4.74. The van der Waals surface area contributed by atoms with Crippen molar-refractivity contribution in [1.29, 1.82) is 0 Å². The average molecular weight is 200 g/mol. The minimum absolute atomic E-state index is 0.401. The molecule has 1 rings (SSSR count). The maximum atomic E-state index is 9.79. The second-order valence-corrected chi connectivity index (χ2v) is 4.54. The predicted molar refractivity (Wildman–Crippen MR) is 55.1 cm³/mol. The number of hydrogen-bond donors (Lipinski definition) is 1. The van der Waals surface area contributed by atoms with Crippen LogP contribution >= 0.6 is 11.3 Å². The van der Waals surface area contributed by atoms with Gasteiger partial charge in [0.25, 0.3) is 0 Å². The summed E-state index contributed by atoms with van der Waals surface area (Å²) in [6.45, 7) is 2.21. The minimum atomic E-state index is -0.696. The number of methoxy groups -OCH3 is 1. The van der Waals surface area contributed by atoms with Crippen LogP contribution in [0.3, 0.4) is 0 Å². The van der Waals surface area contributed by atoms with Crippen LogP contribution in [0.15, 0.2) is 17.5 Å². The Morgan fingerprint density at radius 3 is 2.92 bits per heavy atom. The van der Waals surface area contributed by atoms with Gasteiger partial charge < -0.3 is 9.84 Å². The molecule has 0 spiro atoms. The zero-order valence-electron chi connectivity index (χ0n) is 8.12. The van der Waals surface area contributed by atoms with Crippen LogP contribution in [0, 0.1) is 0 Å². The van der Waals surface area contributed by atoms with Gasteiger partial charge in [0.15, 0.2) is 0 Å². The predicted octanol–water partition coefficient (Wildman–Crippen LogP) is 2.08. The Labute approximate surface area is 83.2 Å². The zero-order chi connectivity index (χ0) is 9.73. The molecule has 0 aliphatic heterocycles. The molecule has 74 valence electrons. The molecule has 0 saturated heterocycles. The van der Waals surface area contributed by atoms with Crippen LogP contribution in [0.1, 0.15) is 18.2 Å². The molecule has 1 atom stereocenters. The van der Waals surface area contributed by atoms with Gasteiger partial charge in [0.2, 0.25) is 0 Å². The fourth-order valence-electron chi connectivity index (χ4n) is 1.23. The highest BCUT2D eigenvalue weighted by atomic mass is 32.1. The summed E-state index contributed by atoms with van der Waals surface area (Å²) in [4.78, 5) is 1.32. The third-order valence-corrected chi connectivity index (χ3v) is 2.88. The average Bonchev–Trinajstić information content (AvgIpc) is 2.52. The van der Waals surface area contributed by atoms with Gasteiger partial charge in [-0.3, -0.25) is 0 Å². The summed E-state index contributed by atoms with van der Waals surface area (Å²) in [5.74, 6) is 0. The fourth-order valence-corrected chi connectivity index (χ4v) is 1.94. The lowest BCUT2D eigenvalue weighted by Crippen LogP contribution is -2.30. The van der Waals surface area contributed by atoms with E-state index in [0.717, 1.165) is 12.8 Å². The Morgan fingerprint density at radius 1 is 1.62 bits per heavy atom. The van der Waals surface area contributed by atoms with E-state index in [9.17, 15) is 5.11 Å². The number of aryl methyl sites for hydroxylation is 1. The van der Waals surface area contributed by atoms with Crippen molar-refractivity contribution in [2.75, 3.05) is 13.7 Å².